The van der Waals surface area contributed by atoms with E-state index in [4.69, 9.17) is 29.2 Å². The maximum absolute atomic E-state index is 5.86. The Kier molecular flexibility index (Phi) is 8.69. The van der Waals surface area contributed by atoms with Crippen LogP contribution in [0.15, 0.2) is 0 Å². The first kappa shape index (κ1) is 22.0. The van der Waals surface area contributed by atoms with Crippen molar-refractivity contribution in [2.24, 2.45) is 0 Å². The van der Waals surface area contributed by atoms with Crippen molar-refractivity contribution in [2.75, 3.05) is 74.8 Å². The molecule has 9 nitrogen and oxygen atoms in total. The fraction of sp³-hybridized carbons (Fsp3) is 0.850. The normalized spacial score (nSPS) is 22.7. The molecule has 2 saturated heterocycles. The third-order valence-corrected chi connectivity index (χ3v) is 5.33. The minimum Gasteiger partial charge on any atom is -0.383 e. The van der Waals surface area contributed by atoms with Crippen molar-refractivity contribution in [2.45, 2.75) is 51.7 Å². The predicted molar refractivity (Wildman–Crippen MR) is 114 cm³/mol. The number of methoxy groups -OCH3 is 1. The number of hydrogen-bond acceptors (Lipinski definition) is 9. The van der Waals surface area contributed by atoms with E-state index in [-0.39, 0.29) is 12.2 Å². The lowest BCUT2D eigenvalue weighted by Gasteiger charge is -2.35. The number of nitrogens with zero attached hydrogens (tertiary/aromatic N) is 5. The zero-order chi connectivity index (χ0) is 20.5. The van der Waals surface area contributed by atoms with Gasteiger partial charge in [-0.15, -0.1) is 0 Å². The summed E-state index contributed by atoms with van der Waals surface area (Å²) >= 11 is 0. The van der Waals surface area contributed by atoms with E-state index in [0.717, 1.165) is 77.0 Å². The third-order valence-electron chi connectivity index (χ3n) is 5.33. The molecule has 1 aromatic rings. The van der Waals surface area contributed by atoms with Crippen LogP contribution in [0.2, 0.25) is 0 Å². The van der Waals surface area contributed by atoms with Gasteiger partial charge in [-0.1, -0.05) is 0 Å². The molecule has 0 amide bonds. The molecule has 0 aromatic carbocycles. The summed E-state index contributed by atoms with van der Waals surface area (Å²) in [6.45, 7) is 10.3. The van der Waals surface area contributed by atoms with Gasteiger partial charge in [0.2, 0.25) is 17.8 Å². The molecular formula is C20H36N6O3. The second-order valence-corrected chi connectivity index (χ2v) is 7.51. The van der Waals surface area contributed by atoms with Gasteiger partial charge in [-0.3, -0.25) is 0 Å². The van der Waals surface area contributed by atoms with Crippen molar-refractivity contribution in [1.29, 1.82) is 0 Å². The van der Waals surface area contributed by atoms with Gasteiger partial charge >= 0.3 is 0 Å². The number of nitrogens with one attached hydrogen (secondary N) is 1. The van der Waals surface area contributed by atoms with Crippen molar-refractivity contribution in [3.05, 3.63) is 0 Å². The molecule has 0 saturated carbocycles. The average molecular weight is 409 g/mol. The van der Waals surface area contributed by atoms with Gasteiger partial charge in [0.15, 0.2) is 0 Å². The fourth-order valence-electron chi connectivity index (χ4n) is 3.96. The molecular weight excluding hydrogens is 372 g/mol. The molecule has 3 rings (SSSR count). The highest BCUT2D eigenvalue weighted by atomic mass is 16.5. The lowest BCUT2D eigenvalue weighted by atomic mass is 10.1. The van der Waals surface area contributed by atoms with Crippen molar-refractivity contribution in [3.63, 3.8) is 0 Å². The average Bonchev–Trinajstić information content (AvgIpc) is 2.75. The highest BCUT2D eigenvalue weighted by Crippen LogP contribution is 2.24. The summed E-state index contributed by atoms with van der Waals surface area (Å²) in [5.41, 5.74) is 0. The number of anilines is 3. The Morgan fingerprint density at radius 2 is 1.45 bits per heavy atom. The van der Waals surface area contributed by atoms with Gasteiger partial charge in [0.25, 0.3) is 0 Å². The minimum atomic E-state index is 0.233. The predicted octanol–water partition coefficient (Wildman–Crippen LogP) is 1.94. The summed E-state index contributed by atoms with van der Waals surface area (Å²) < 4.78 is 16.9. The number of aromatic nitrogens is 3. The lowest BCUT2D eigenvalue weighted by Crippen LogP contribution is -2.42. The van der Waals surface area contributed by atoms with E-state index >= 15 is 0 Å². The van der Waals surface area contributed by atoms with E-state index in [0.29, 0.717) is 19.1 Å². The Balaban J connectivity index is 1.79. The van der Waals surface area contributed by atoms with Crippen LogP contribution in [0.5, 0.6) is 0 Å². The first-order chi connectivity index (χ1) is 14.2. The van der Waals surface area contributed by atoms with Crippen molar-refractivity contribution < 1.29 is 14.2 Å². The van der Waals surface area contributed by atoms with Gasteiger partial charge in [-0.25, -0.2) is 0 Å². The Bertz CT molecular complexity index is 572. The molecule has 2 fully saturated rings. The molecule has 2 atom stereocenters. The molecule has 0 aliphatic carbocycles. The van der Waals surface area contributed by atoms with E-state index in [1.54, 1.807) is 7.11 Å². The van der Waals surface area contributed by atoms with Crippen LogP contribution in [0.25, 0.3) is 0 Å². The van der Waals surface area contributed by atoms with Crippen LogP contribution in [0.1, 0.15) is 39.5 Å². The summed E-state index contributed by atoms with van der Waals surface area (Å²) in [7, 11) is 1.69. The summed E-state index contributed by atoms with van der Waals surface area (Å²) in [5.74, 6) is 2.04. The quantitative estimate of drug-likeness (QED) is 0.584. The maximum atomic E-state index is 5.86. The maximum Gasteiger partial charge on any atom is 0.232 e. The minimum absolute atomic E-state index is 0.233. The highest BCUT2D eigenvalue weighted by molar-refractivity contribution is 5.46. The number of hydrogen-bond donors (Lipinski definition) is 1. The molecule has 29 heavy (non-hydrogen) atoms. The number of rotatable bonds is 10. The largest absolute Gasteiger partial charge is 0.383 e. The molecule has 0 radical (unpaired) electrons. The van der Waals surface area contributed by atoms with Crippen LogP contribution in [0, 0.1) is 0 Å². The highest BCUT2D eigenvalue weighted by Gasteiger charge is 2.26. The molecule has 2 aliphatic heterocycles. The monoisotopic (exact) mass is 408 g/mol. The molecule has 0 unspecified atom stereocenters. The molecule has 2 aliphatic rings. The second kappa shape index (κ2) is 11.5. The van der Waals surface area contributed by atoms with E-state index < -0.39 is 0 Å². The summed E-state index contributed by atoms with van der Waals surface area (Å²) in [5, 5.41) is 3.27. The standard InChI is InChI=1S/C20H36N6O3/c1-4-28-16-8-6-11-25(14-16)19-22-18(21-10-13-27-3)23-20(24-19)26-12-7-9-17(15-26)29-5-2/h16-17H,4-15H2,1-3H3,(H,21,22,23,24)/t16-,17-/m1/s1. The molecule has 1 aromatic heterocycles. The zero-order valence-corrected chi connectivity index (χ0v) is 18.1. The van der Waals surface area contributed by atoms with Crippen molar-refractivity contribution in [1.82, 2.24) is 15.0 Å². The van der Waals surface area contributed by atoms with Gasteiger partial charge in [-0.2, -0.15) is 15.0 Å². The van der Waals surface area contributed by atoms with Crippen molar-refractivity contribution in [3.8, 4) is 0 Å². The molecule has 0 bridgehead atoms. The molecule has 1 N–H and O–H groups in total. The Hall–Kier alpha value is -1.71. The fourth-order valence-corrected chi connectivity index (χ4v) is 3.96. The van der Waals surface area contributed by atoms with Gasteiger partial charge in [-0.05, 0) is 39.5 Å². The van der Waals surface area contributed by atoms with E-state index in [1.165, 1.54) is 0 Å². The summed E-state index contributed by atoms with van der Waals surface area (Å²) in [6, 6.07) is 0. The van der Waals surface area contributed by atoms with E-state index in [9.17, 15) is 0 Å². The lowest BCUT2D eigenvalue weighted by molar-refractivity contribution is 0.0520. The van der Waals surface area contributed by atoms with Gasteiger partial charge in [0.1, 0.15) is 0 Å². The van der Waals surface area contributed by atoms with Crippen LogP contribution in [0.4, 0.5) is 17.8 Å². The second-order valence-electron chi connectivity index (χ2n) is 7.51. The molecule has 164 valence electrons. The Morgan fingerprint density at radius 3 is 1.93 bits per heavy atom. The smallest absolute Gasteiger partial charge is 0.232 e. The van der Waals surface area contributed by atoms with Crippen LogP contribution in [0.3, 0.4) is 0 Å². The summed E-state index contributed by atoms with van der Waals surface area (Å²) in [6.07, 6.45) is 4.79. The van der Waals surface area contributed by atoms with Crippen molar-refractivity contribution >= 4 is 17.8 Å². The first-order valence-electron chi connectivity index (χ1n) is 11.0. The molecule has 0 spiro atoms. The number of ether oxygens (including phenoxy) is 3. The topological polar surface area (TPSA) is 84.9 Å². The van der Waals surface area contributed by atoms with Crippen LogP contribution < -0.4 is 15.1 Å². The van der Waals surface area contributed by atoms with E-state index in [1.807, 2.05) is 13.8 Å². The van der Waals surface area contributed by atoms with Crippen LogP contribution in [-0.2, 0) is 14.2 Å². The van der Waals surface area contributed by atoms with Gasteiger partial charge in [0.05, 0.1) is 18.8 Å². The molecule has 3 heterocycles. The SMILES string of the molecule is CCO[C@@H]1CCCN(c2nc(NCCOC)nc(N3CCC[C@@H](OCC)C3)n2)C1. The van der Waals surface area contributed by atoms with Gasteiger partial charge < -0.3 is 29.3 Å². The van der Waals surface area contributed by atoms with E-state index in [2.05, 4.69) is 15.1 Å². The number of piperidine rings is 2. The first-order valence-corrected chi connectivity index (χ1v) is 11.0. The third kappa shape index (κ3) is 6.38. The van der Waals surface area contributed by atoms with Crippen LogP contribution >= 0.6 is 0 Å². The Labute approximate surface area is 174 Å². The summed E-state index contributed by atoms with van der Waals surface area (Å²) in [4.78, 5) is 18.7. The van der Waals surface area contributed by atoms with Gasteiger partial charge in [0, 0.05) is 53.0 Å². The zero-order valence-electron chi connectivity index (χ0n) is 18.1. The molecule has 9 heteroatoms. The Morgan fingerprint density at radius 1 is 0.897 bits per heavy atom. The van der Waals surface area contributed by atoms with Crippen LogP contribution in [-0.4, -0.2) is 86.8 Å².